The van der Waals surface area contributed by atoms with Gasteiger partial charge < -0.3 is 20.1 Å². The van der Waals surface area contributed by atoms with E-state index in [0.717, 1.165) is 43.1 Å². The van der Waals surface area contributed by atoms with Gasteiger partial charge in [-0.2, -0.15) is 13.2 Å². The van der Waals surface area contributed by atoms with Crippen molar-refractivity contribution in [3.63, 3.8) is 0 Å². The maximum absolute atomic E-state index is 15.0. The standard InChI is InChI=1S/C27H25F5N4O5S/c1-15-4-6-18(7-5-15)42(38,39)36-14-19(16(2)27(30,31)32)23-22(8-9-33-25(23)36)41-24-20(28)12-17(13-21(24)29)35-26(37)34-10-11-40-3/h4-9,12-14,16H,10-11H2,1-3H3,(H2,34,35,37). The van der Waals surface area contributed by atoms with Gasteiger partial charge in [-0.15, -0.1) is 0 Å². The number of nitrogens with zero attached hydrogens (tertiary/aromatic N) is 2. The first-order chi connectivity index (χ1) is 19.7. The predicted molar refractivity (Wildman–Crippen MR) is 143 cm³/mol. The van der Waals surface area contributed by atoms with Crippen LogP contribution in [0.4, 0.5) is 32.4 Å². The van der Waals surface area contributed by atoms with Crippen molar-refractivity contribution < 1.29 is 44.6 Å². The van der Waals surface area contributed by atoms with Gasteiger partial charge in [0.25, 0.3) is 10.0 Å². The fraction of sp³-hybridized carbons (Fsp3) is 0.259. The van der Waals surface area contributed by atoms with Crippen molar-refractivity contribution in [3.05, 3.63) is 77.6 Å². The zero-order valence-corrected chi connectivity index (χ0v) is 23.2. The molecule has 1 unspecified atom stereocenters. The number of halogens is 5. The van der Waals surface area contributed by atoms with Crippen molar-refractivity contribution >= 4 is 32.8 Å². The normalized spacial score (nSPS) is 12.8. The fourth-order valence-electron chi connectivity index (χ4n) is 4.00. The smallest absolute Gasteiger partial charge is 0.395 e. The van der Waals surface area contributed by atoms with Crippen LogP contribution < -0.4 is 15.4 Å². The molecule has 0 aliphatic rings. The highest BCUT2D eigenvalue weighted by Gasteiger charge is 2.40. The van der Waals surface area contributed by atoms with E-state index in [1.165, 1.54) is 31.4 Å². The van der Waals surface area contributed by atoms with E-state index < -0.39 is 67.9 Å². The van der Waals surface area contributed by atoms with E-state index in [2.05, 4.69) is 15.6 Å². The SMILES string of the molecule is COCCNC(=O)Nc1cc(F)c(Oc2ccnc3c2c(C(C)C(F)(F)F)cn3S(=O)(=O)c2ccc(C)cc2)c(F)c1. The molecule has 0 aliphatic carbocycles. The zero-order chi connectivity index (χ0) is 30.8. The number of hydrogen-bond acceptors (Lipinski definition) is 6. The minimum absolute atomic E-state index is 0.129. The molecule has 224 valence electrons. The molecule has 0 bridgehead atoms. The van der Waals surface area contributed by atoms with Gasteiger partial charge in [0, 0.05) is 43.9 Å². The van der Waals surface area contributed by atoms with E-state index in [4.69, 9.17) is 9.47 Å². The second-order valence-electron chi connectivity index (χ2n) is 9.21. The molecule has 0 spiro atoms. The number of pyridine rings is 1. The number of anilines is 1. The van der Waals surface area contributed by atoms with Crippen molar-refractivity contribution in [2.24, 2.45) is 0 Å². The number of fused-ring (bicyclic) bond motifs is 1. The van der Waals surface area contributed by atoms with Crippen LogP contribution in [0.3, 0.4) is 0 Å². The van der Waals surface area contributed by atoms with E-state index >= 15 is 0 Å². The Morgan fingerprint density at radius 1 is 1.10 bits per heavy atom. The largest absolute Gasteiger partial charge is 0.450 e. The number of aryl methyl sites for hydroxylation is 1. The molecule has 0 saturated carbocycles. The summed E-state index contributed by atoms with van der Waals surface area (Å²) >= 11 is 0. The van der Waals surface area contributed by atoms with Gasteiger partial charge >= 0.3 is 12.2 Å². The molecule has 0 radical (unpaired) electrons. The minimum Gasteiger partial charge on any atom is -0.450 e. The van der Waals surface area contributed by atoms with Gasteiger partial charge in [-0.3, -0.25) is 0 Å². The fourth-order valence-corrected chi connectivity index (χ4v) is 5.33. The lowest BCUT2D eigenvalue weighted by atomic mass is 10.0. The summed E-state index contributed by atoms with van der Waals surface area (Å²) in [6.07, 6.45) is -3.00. The molecular formula is C27H25F5N4O5S. The highest BCUT2D eigenvalue weighted by atomic mass is 32.2. The maximum atomic E-state index is 15.0. The second-order valence-corrected chi connectivity index (χ2v) is 11.0. The van der Waals surface area contributed by atoms with Crippen LogP contribution in [0.5, 0.6) is 11.5 Å². The van der Waals surface area contributed by atoms with Crippen LogP contribution in [0.1, 0.15) is 24.0 Å². The number of carbonyl (C=O) groups excluding carboxylic acids is 1. The van der Waals surface area contributed by atoms with Gasteiger partial charge in [-0.1, -0.05) is 17.7 Å². The second kappa shape index (κ2) is 11.9. The van der Waals surface area contributed by atoms with Crippen molar-refractivity contribution in [2.75, 3.05) is 25.6 Å². The maximum Gasteiger partial charge on any atom is 0.395 e. The Morgan fingerprint density at radius 2 is 1.74 bits per heavy atom. The summed E-state index contributed by atoms with van der Waals surface area (Å²) in [5.74, 6) is -6.25. The molecule has 2 N–H and O–H groups in total. The van der Waals surface area contributed by atoms with Gasteiger partial charge in [-0.25, -0.2) is 30.9 Å². The molecule has 0 saturated heterocycles. The van der Waals surface area contributed by atoms with E-state index in [-0.39, 0.29) is 23.7 Å². The van der Waals surface area contributed by atoms with Crippen molar-refractivity contribution in [1.29, 1.82) is 0 Å². The average molecular weight is 613 g/mol. The number of aromatic nitrogens is 2. The average Bonchev–Trinajstić information content (AvgIpc) is 3.31. The van der Waals surface area contributed by atoms with Gasteiger partial charge in [0.1, 0.15) is 5.75 Å². The summed E-state index contributed by atoms with van der Waals surface area (Å²) in [5, 5.41) is 4.23. The highest BCUT2D eigenvalue weighted by molar-refractivity contribution is 7.90. The highest BCUT2D eigenvalue weighted by Crippen LogP contribution is 2.43. The molecule has 0 fully saturated rings. The summed E-state index contributed by atoms with van der Waals surface area (Å²) < 4.78 is 109. The zero-order valence-electron chi connectivity index (χ0n) is 22.4. The topological polar surface area (TPSA) is 112 Å². The van der Waals surface area contributed by atoms with Crippen molar-refractivity contribution in [3.8, 4) is 11.5 Å². The molecule has 2 heterocycles. The van der Waals surface area contributed by atoms with Crippen LogP contribution in [-0.4, -0.2) is 49.8 Å². The number of urea groups is 1. The Bertz CT molecular complexity index is 1700. The number of amides is 2. The van der Waals surface area contributed by atoms with Crippen LogP contribution in [0.25, 0.3) is 11.0 Å². The molecule has 4 rings (SSSR count). The molecule has 0 aliphatic heterocycles. The van der Waals surface area contributed by atoms with Gasteiger partial charge in [0.2, 0.25) is 0 Å². The molecule has 2 aromatic carbocycles. The van der Waals surface area contributed by atoms with Crippen LogP contribution >= 0.6 is 0 Å². The lowest BCUT2D eigenvalue weighted by molar-refractivity contribution is -0.146. The Balaban J connectivity index is 1.80. The lowest BCUT2D eigenvalue weighted by Gasteiger charge is -2.16. The Hall–Kier alpha value is -4.24. The molecule has 42 heavy (non-hydrogen) atoms. The molecule has 15 heteroatoms. The molecule has 2 amide bonds. The van der Waals surface area contributed by atoms with E-state index in [9.17, 15) is 35.2 Å². The number of alkyl halides is 3. The Morgan fingerprint density at radius 3 is 2.33 bits per heavy atom. The number of nitrogens with one attached hydrogen (secondary N) is 2. The third kappa shape index (κ3) is 6.31. The first-order valence-electron chi connectivity index (χ1n) is 12.3. The van der Waals surface area contributed by atoms with E-state index in [0.29, 0.717) is 3.97 Å². The summed E-state index contributed by atoms with van der Waals surface area (Å²) in [5.41, 5.74) is -0.494. The summed E-state index contributed by atoms with van der Waals surface area (Å²) in [7, 11) is -3.02. The number of benzene rings is 2. The number of ether oxygens (including phenoxy) is 2. The Kier molecular flexibility index (Phi) is 8.73. The monoisotopic (exact) mass is 612 g/mol. The third-order valence-corrected chi connectivity index (χ3v) is 7.91. The van der Waals surface area contributed by atoms with Crippen LogP contribution in [-0.2, 0) is 14.8 Å². The molecule has 2 aromatic heterocycles. The Labute approximate surface area is 237 Å². The van der Waals surface area contributed by atoms with Gasteiger partial charge in [0.15, 0.2) is 23.0 Å². The van der Waals surface area contributed by atoms with Crippen LogP contribution in [0.15, 0.2) is 59.8 Å². The number of carbonyl (C=O) groups is 1. The van der Waals surface area contributed by atoms with Crippen molar-refractivity contribution in [1.82, 2.24) is 14.3 Å². The lowest BCUT2D eigenvalue weighted by Crippen LogP contribution is -2.31. The summed E-state index contributed by atoms with van der Waals surface area (Å²) in [4.78, 5) is 15.7. The van der Waals surface area contributed by atoms with E-state index in [1.807, 2.05) is 0 Å². The number of rotatable bonds is 9. The molecule has 1 atom stereocenters. The minimum atomic E-state index is -4.81. The third-order valence-electron chi connectivity index (χ3n) is 6.24. The molecule has 4 aromatic rings. The van der Waals surface area contributed by atoms with Gasteiger partial charge in [0.05, 0.1) is 22.8 Å². The molecule has 9 nitrogen and oxygen atoms in total. The number of hydrogen-bond donors (Lipinski definition) is 2. The summed E-state index contributed by atoms with van der Waals surface area (Å²) in [6, 6.07) is 7.42. The molecular weight excluding hydrogens is 587 g/mol. The van der Waals surface area contributed by atoms with Gasteiger partial charge in [-0.05, 0) is 37.6 Å². The quantitative estimate of drug-likeness (QED) is 0.175. The first-order valence-corrected chi connectivity index (χ1v) is 13.8. The van der Waals surface area contributed by atoms with E-state index in [1.54, 1.807) is 6.92 Å². The summed E-state index contributed by atoms with van der Waals surface area (Å²) in [6.45, 7) is 2.87. The van der Waals surface area contributed by atoms with Crippen LogP contribution in [0.2, 0.25) is 0 Å². The van der Waals surface area contributed by atoms with Crippen molar-refractivity contribution in [2.45, 2.75) is 30.8 Å². The first kappa shape index (κ1) is 30.7. The number of methoxy groups -OCH3 is 1. The predicted octanol–water partition coefficient (Wildman–Crippen LogP) is 6.09. The van der Waals surface area contributed by atoms with Crippen LogP contribution in [0, 0.1) is 18.6 Å².